The van der Waals surface area contributed by atoms with Crippen LogP contribution in [-0.4, -0.2) is 60.1 Å². The molecule has 1 amide bonds. The van der Waals surface area contributed by atoms with Gasteiger partial charge in [0.2, 0.25) is 10.0 Å². The van der Waals surface area contributed by atoms with E-state index in [1.807, 2.05) is 34.6 Å². The number of hydrogen-bond acceptors (Lipinski definition) is 5. The Labute approximate surface area is 179 Å². The van der Waals surface area contributed by atoms with Crippen LogP contribution in [0.4, 0.5) is 4.79 Å². The van der Waals surface area contributed by atoms with Gasteiger partial charge < -0.3 is 14.7 Å². The van der Waals surface area contributed by atoms with Gasteiger partial charge in [0.25, 0.3) is 0 Å². The molecule has 1 aromatic carbocycles. The number of nitrogens with zero attached hydrogens (tertiary/aromatic N) is 2. The Morgan fingerprint density at radius 3 is 2.17 bits per heavy atom. The minimum atomic E-state index is -3.97. The molecule has 0 saturated heterocycles. The van der Waals surface area contributed by atoms with Gasteiger partial charge in [0.15, 0.2) is 5.76 Å². The summed E-state index contributed by atoms with van der Waals surface area (Å²) < 4.78 is 32.1. The van der Waals surface area contributed by atoms with Gasteiger partial charge in [-0.3, -0.25) is 0 Å². The number of aliphatic hydroxyl groups excluding tert-OH is 1. The van der Waals surface area contributed by atoms with Gasteiger partial charge in [-0.1, -0.05) is 35.9 Å². The van der Waals surface area contributed by atoms with Gasteiger partial charge in [-0.05, 0) is 46.8 Å². The summed E-state index contributed by atoms with van der Waals surface area (Å²) in [5.74, 6) is 2.01. The molecule has 1 aromatic rings. The summed E-state index contributed by atoms with van der Waals surface area (Å²) in [7, 11) is -3.97. The second-order valence-electron chi connectivity index (χ2n) is 7.33. The van der Waals surface area contributed by atoms with Gasteiger partial charge in [-0.25, -0.2) is 13.2 Å². The average molecular weight is 435 g/mol. The van der Waals surface area contributed by atoms with E-state index in [1.165, 1.54) is 17.0 Å². The molecule has 1 rings (SSSR count). The molecule has 1 unspecified atom stereocenters. The highest BCUT2D eigenvalue weighted by molar-refractivity contribution is 7.89. The summed E-state index contributed by atoms with van der Waals surface area (Å²) in [6, 6.07) is 5.99. The topological polar surface area (TPSA) is 87.2 Å². The summed E-state index contributed by atoms with van der Waals surface area (Å²) in [6.07, 6.45) is 3.17. The first-order valence-electron chi connectivity index (χ1n) is 9.54. The third kappa shape index (κ3) is 6.48. The van der Waals surface area contributed by atoms with Crippen LogP contribution in [0.1, 0.15) is 33.3 Å². The van der Waals surface area contributed by atoms with E-state index in [9.17, 15) is 18.3 Å². The molecular weight excluding hydrogens is 404 g/mol. The Morgan fingerprint density at radius 2 is 1.73 bits per heavy atom. The number of aryl methyl sites for hydroxylation is 1. The molecule has 0 aromatic heterocycles. The summed E-state index contributed by atoms with van der Waals surface area (Å²) >= 11 is 0. The van der Waals surface area contributed by atoms with E-state index in [0.29, 0.717) is 0 Å². The molecule has 164 valence electrons. The maximum absolute atomic E-state index is 12.9. The molecule has 30 heavy (non-hydrogen) atoms. The van der Waals surface area contributed by atoms with E-state index < -0.39 is 28.8 Å². The lowest BCUT2D eigenvalue weighted by Gasteiger charge is -2.30. The van der Waals surface area contributed by atoms with Crippen LogP contribution in [0.5, 0.6) is 0 Å². The van der Waals surface area contributed by atoms with Crippen molar-refractivity contribution in [2.45, 2.75) is 57.7 Å². The van der Waals surface area contributed by atoms with E-state index in [2.05, 4.69) is 18.2 Å². The average Bonchev–Trinajstić information content (AvgIpc) is 2.65. The Balaban J connectivity index is 3.07. The van der Waals surface area contributed by atoms with Gasteiger partial charge >= 0.3 is 6.09 Å². The molecule has 1 atom stereocenters. The van der Waals surface area contributed by atoms with Crippen LogP contribution >= 0.6 is 0 Å². The number of ether oxygens (including phenoxy) is 1. The number of carbonyl (C=O) groups is 1. The molecule has 1 N–H and O–H groups in total. The fraction of sp³-hybridized carbons (Fsp3) is 0.455. The van der Waals surface area contributed by atoms with Gasteiger partial charge in [-0.15, -0.1) is 6.42 Å². The van der Waals surface area contributed by atoms with Crippen LogP contribution in [-0.2, 0) is 14.8 Å². The van der Waals surface area contributed by atoms with Crippen molar-refractivity contribution >= 4 is 16.1 Å². The van der Waals surface area contributed by atoms with E-state index in [1.54, 1.807) is 12.1 Å². The lowest BCUT2D eigenvalue weighted by atomic mass is 10.2. The first-order valence-corrected chi connectivity index (χ1v) is 11.0. The van der Waals surface area contributed by atoms with Crippen LogP contribution in [0, 0.1) is 19.3 Å². The number of benzene rings is 1. The largest absolute Gasteiger partial charge is 0.416 e. The first kappa shape index (κ1) is 25.5. The molecule has 0 aliphatic heterocycles. The fourth-order valence-corrected chi connectivity index (χ4v) is 4.23. The predicted octanol–water partition coefficient (Wildman–Crippen LogP) is 2.90. The van der Waals surface area contributed by atoms with Crippen molar-refractivity contribution in [2.24, 2.45) is 0 Å². The number of terminal acetylenes is 1. The normalized spacial score (nSPS) is 12.4. The van der Waals surface area contributed by atoms with Crippen molar-refractivity contribution < 1.29 is 23.1 Å². The minimum Gasteiger partial charge on any atom is -0.403 e. The van der Waals surface area contributed by atoms with Crippen molar-refractivity contribution in [3.8, 4) is 12.3 Å². The van der Waals surface area contributed by atoms with Crippen molar-refractivity contribution in [3.05, 3.63) is 47.9 Å². The zero-order valence-corrected chi connectivity index (χ0v) is 18.9. The second kappa shape index (κ2) is 11.0. The van der Waals surface area contributed by atoms with E-state index in [0.717, 1.165) is 9.87 Å². The summed E-state index contributed by atoms with van der Waals surface area (Å²) in [4.78, 5) is 14.0. The summed E-state index contributed by atoms with van der Waals surface area (Å²) in [5.41, 5.74) is 3.29. The molecule has 8 heteroatoms. The molecular formula is C22H30N2O5S. The predicted molar refractivity (Wildman–Crippen MR) is 116 cm³/mol. The fourth-order valence-electron chi connectivity index (χ4n) is 2.87. The highest BCUT2D eigenvalue weighted by Gasteiger charge is 2.30. The monoisotopic (exact) mass is 434 g/mol. The SMILES string of the molecule is C#CCN(CC(O)C(=C=C)OC(=O)N(C(C)C)C(C)C)S(=O)(=O)c1ccc(C)cc1. The lowest BCUT2D eigenvalue weighted by Crippen LogP contribution is -2.44. The smallest absolute Gasteiger partial charge is 0.403 e. The molecule has 0 bridgehead atoms. The molecule has 0 fully saturated rings. The number of carbonyl (C=O) groups excluding carboxylic acids is 1. The van der Waals surface area contributed by atoms with Crippen molar-refractivity contribution in [1.82, 2.24) is 9.21 Å². The molecule has 0 radical (unpaired) electrons. The zero-order chi connectivity index (χ0) is 23.1. The number of amides is 1. The van der Waals surface area contributed by atoms with Gasteiger partial charge in [0.05, 0.1) is 11.4 Å². The molecule has 0 heterocycles. The van der Waals surface area contributed by atoms with Gasteiger partial charge in [-0.2, -0.15) is 4.31 Å². The van der Waals surface area contributed by atoms with Gasteiger partial charge in [0, 0.05) is 18.6 Å². The lowest BCUT2D eigenvalue weighted by molar-refractivity contribution is 0.0700. The van der Waals surface area contributed by atoms with E-state index >= 15 is 0 Å². The highest BCUT2D eigenvalue weighted by Crippen LogP contribution is 2.19. The maximum Gasteiger partial charge on any atom is 0.416 e. The Hall–Kier alpha value is -2.56. The Bertz CT molecular complexity index is 915. The summed E-state index contributed by atoms with van der Waals surface area (Å²) in [6.45, 7) is 11.9. The van der Waals surface area contributed by atoms with Crippen LogP contribution in [0.2, 0.25) is 0 Å². The quantitative estimate of drug-likeness (QED) is 0.367. The standard InChI is InChI=1S/C22H30N2O5S/c1-8-14-23(30(27,28)19-12-10-18(7)11-13-19)15-20(25)21(9-2)29-22(26)24(16(3)4)17(5)6/h1,10-13,16-17,20,25H,2,14-15H2,3-7H3. The molecule has 7 nitrogen and oxygen atoms in total. The van der Waals surface area contributed by atoms with Gasteiger partial charge in [0.1, 0.15) is 6.10 Å². The third-order valence-electron chi connectivity index (χ3n) is 4.30. The molecule has 0 aliphatic carbocycles. The Kier molecular flexibility index (Phi) is 9.34. The molecule has 0 aliphatic rings. The zero-order valence-electron chi connectivity index (χ0n) is 18.1. The highest BCUT2D eigenvalue weighted by atomic mass is 32.2. The summed E-state index contributed by atoms with van der Waals surface area (Å²) in [5, 5.41) is 10.6. The van der Waals surface area contributed by atoms with Crippen LogP contribution in [0.15, 0.2) is 47.2 Å². The Morgan fingerprint density at radius 1 is 1.20 bits per heavy atom. The van der Waals surface area contributed by atoms with E-state index in [-0.39, 0.29) is 29.3 Å². The van der Waals surface area contributed by atoms with Crippen LogP contribution < -0.4 is 0 Å². The van der Waals surface area contributed by atoms with Crippen LogP contribution in [0.3, 0.4) is 0 Å². The number of rotatable bonds is 9. The molecule has 0 spiro atoms. The van der Waals surface area contributed by atoms with Crippen molar-refractivity contribution in [3.63, 3.8) is 0 Å². The number of sulfonamides is 1. The molecule has 0 saturated carbocycles. The maximum atomic E-state index is 12.9. The first-order chi connectivity index (χ1) is 13.9. The van der Waals surface area contributed by atoms with Crippen molar-refractivity contribution in [1.29, 1.82) is 0 Å². The minimum absolute atomic E-state index is 0.0440. The number of hydrogen-bond donors (Lipinski definition) is 1. The second-order valence-corrected chi connectivity index (χ2v) is 9.27. The number of aliphatic hydroxyl groups is 1. The third-order valence-corrected chi connectivity index (χ3v) is 6.13. The van der Waals surface area contributed by atoms with Crippen molar-refractivity contribution in [2.75, 3.05) is 13.1 Å². The van der Waals surface area contributed by atoms with E-state index in [4.69, 9.17) is 11.2 Å². The van der Waals surface area contributed by atoms with Crippen LogP contribution in [0.25, 0.3) is 0 Å².